The molecule has 0 saturated heterocycles. The molecule has 0 aliphatic carbocycles. The van der Waals surface area contributed by atoms with Crippen LogP contribution < -0.4 is 10.6 Å². The highest BCUT2D eigenvalue weighted by molar-refractivity contribution is 6.31. The average molecular weight is 307 g/mol. The average Bonchev–Trinajstić information content (AvgIpc) is 2.47. The minimum absolute atomic E-state index is 0.110. The van der Waals surface area contributed by atoms with Crippen LogP contribution >= 0.6 is 11.6 Å². The summed E-state index contributed by atoms with van der Waals surface area (Å²) < 4.78 is 13.0. The van der Waals surface area contributed by atoms with Crippen LogP contribution in [0.25, 0.3) is 0 Å². The number of carbonyl (C=O) groups is 1. The van der Waals surface area contributed by atoms with Gasteiger partial charge in [-0.1, -0.05) is 23.7 Å². The van der Waals surface area contributed by atoms with Crippen LogP contribution in [0.4, 0.5) is 10.1 Å². The van der Waals surface area contributed by atoms with E-state index in [9.17, 15) is 9.18 Å². The molecule has 3 nitrogen and oxygen atoms in total. The molecule has 110 valence electrons. The molecule has 0 saturated carbocycles. The second kappa shape index (κ2) is 7.09. The van der Waals surface area contributed by atoms with Gasteiger partial charge in [-0.15, -0.1) is 0 Å². The highest BCUT2D eigenvalue weighted by Crippen LogP contribution is 2.19. The molecule has 0 fully saturated rings. The summed E-state index contributed by atoms with van der Waals surface area (Å²) in [4.78, 5) is 11.8. The van der Waals surface area contributed by atoms with Gasteiger partial charge >= 0.3 is 0 Å². The number of halogens is 2. The van der Waals surface area contributed by atoms with Gasteiger partial charge in [0.1, 0.15) is 5.82 Å². The topological polar surface area (TPSA) is 41.1 Å². The Hall–Kier alpha value is -2.07. The van der Waals surface area contributed by atoms with Gasteiger partial charge in [0, 0.05) is 29.4 Å². The van der Waals surface area contributed by atoms with Gasteiger partial charge in [-0.3, -0.25) is 4.79 Å². The molecule has 21 heavy (non-hydrogen) atoms. The summed E-state index contributed by atoms with van der Waals surface area (Å²) >= 11 is 5.97. The molecule has 0 aromatic heterocycles. The molecule has 0 heterocycles. The van der Waals surface area contributed by atoms with Gasteiger partial charge in [0.05, 0.1) is 0 Å². The molecule has 2 rings (SSSR count). The number of carbonyl (C=O) groups excluding carboxylic acids is 1. The molecular formula is C16H16ClFN2O. The fourth-order valence-electron chi connectivity index (χ4n) is 1.90. The van der Waals surface area contributed by atoms with Crippen LogP contribution in [0.2, 0.25) is 5.02 Å². The number of hydrogen-bond acceptors (Lipinski definition) is 2. The minimum atomic E-state index is -0.359. The minimum Gasteiger partial charge on any atom is -0.381 e. The first-order chi connectivity index (χ1) is 10.1. The Morgan fingerprint density at radius 1 is 1.24 bits per heavy atom. The van der Waals surface area contributed by atoms with Crippen molar-refractivity contribution in [3.63, 3.8) is 0 Å². The third kappa shape index (κ3) is 4.20. The Bertz CT molecular complexity index is 646. The molecule has 2 N–H and O–H groups in total. The largest absolute Gasteiger partial charge is 0.381 e. The Balaban J connectivity index is 2.06. The molecule has 1 amide bonds. The van der Waals surface area contributed by atoms with Gasteiger partial charge in [-0.05, 0) is 42.8 Å². The Morgan fingerprint density at radius 3 is 2.76 bits per heavy atom. The second-order valence-electron chi connectivity index (χ2n) is 4.53. The zero-order chi connectivity index (χ0) is 15.2. The molecule has 0 atom stereocenters. The number of nitrogens with one attached hydrogen (secondary N) is 2. The third-order valence-electron chi connectivity index (χ3n) is 2.96. The highest BCUT2D eigenvalue weighted by atomic mass is 35.5. The molecule has 0 aliphatic rings. The van der Waals surface area contributed by atoms with E-state index in [1.54, 1.807) is 24.3 Å². The van der Waals surface area contributed by atoms with Crippen LogP contribution in [0.5, 0.6) is 0 Å². The molecular weight excluding hydrogens is 291 g/mol. The Labute approximate surface area is 128 Å². The van der Waals surface area contributed by atoms with Gasteiger partial charge in [-0.25, -0.2) is 4.39 Å². The summed E-state index contributed by atoms with van der Waals surface area (Å²) in [5.74, 6) is -0.469. The van der Waals surface area contributed by atoms with Crippen molar-refractivity contribution >= 4 is 23.2 Å². The van der Waals surface area contributed by atoms with Crippen molar-refractivity contribution in [3.8, 4) is 0 Å². The molecule has 2 aromatic carbocycles. The van der Waals surface area contributed by atoms with Crippen molar-refractivity contribution in [1.82, 2.24) is 5.32 Å². The number of amides is 1. The van der Waals surface area contributed by atoms with E-state index in [1.807, 2.05) is 13.0 Å². The lowest BCUT2D eigenvalue weighted by molar-refractivity contribution is 0.0956. The van der Waals surface area contributed by atoms with Crippen molar-refractivity contribution in [2.24, 2.45) is 0 Å². The van der Waals surface area contributed by atoms with E-state index >= 15 is 0 Å². The monoisotopic (exact) mass is 306 g/mol. The SMILES string of the molecule is CCNC(=O)c1cccc(NCc2ccc(F)cc2Cl)c1. The molecule has 0 unspecified atom stereocenters. The predicted octanol–water partition coefficient (Wildman–Crippen LogP) is 3.84. The summed E-state index contributed by atoms with van der Waals surface area (Å²) in [6, 6.07) is 11.5. The van der Waals surface area contributed by atoms with Gasteiger partial charge in [0.15, 0.2) is 0 Å². The van der Waals surface area contributed by atoms with Crippen LogP contribution in [-0.2, 0) is 6.54 Å². The van der Waals surface area contributed by atoms with Crippen molar-refractivity contribution in [2.45, 2.75) is 13.5 Å². The van der Waals surface area contributed by atoms with E-state index in [-0.39, 0.29) is 11.7 Å². The fraction of sp³-hybridized carbons (Fsp3) is 0.188. The first-order valence-electron chi connectivity index (χ1n) is 6.66. The fourth-order valence-corrected chi connectivity index (χ4v) is 2.13. The second-order valence-corrected chi connectivity index (χ2v) is 4.94. The molecule has 0 aliphatic heterocycles. The first kappa shape index (κ1) is 15.3. The Morgan fingerprint density at radius 2 is 2.05 bits per heavy atom. The molecule has 0 bridgehead atoms. The summed E-state index contributed by atoms with van der Waals surface area (Å²) in [5.41, 5.74) is 2.19. The lowest BCUT2D eigenvalue weighted by Gasteiger charge is -2.10. The van der Waals surface area contributed by atoms with E-state index < -0.39 is 0 Å². The van der Waals surface area contributed by atoms with E-state index in [2.05, 4.69) is 10.6 Å². The summed E-state index contributed by atoms with van der Waals surface area (Å²) in [5, 5.41) is 6.30. The van der Waals surface area contributed by atoms with Crippen LogP contribution in [0.15, 0.2) is 42.5 Å². The molecule has 2 aromatic rings. The Kier molecular flexibility index (Phi) is 5.17. The predicted molar refractivity (Wildman–Crippen MR) is 83.2 cm³/mol. The maximum absolute atomic E-state index is 13.0. The summed E-state index contributed by atoms with van der Waals surface area (Å²) in [7, 11) is 0. The third-order valence-corrected chi connectivity index (χ3v) is 3.31. The van der Waals surface area contributed by atoms with E-state index in [0.29, 0.717) is 23.7 Å². The zero-order valence-corrected chi connectivity index (χ0v) is 12.4. The number of anilines is 1. The van der Waals surface area contributed by atoms with E-state index in [0.717, 1.165) is 11.3 Å². The smallest absolute Gasteiger partial charge is 0.251 e. The molecule has 5 heteroatoms. The molecule has 0 radical (unpaired) electrons. The van der Waals surface area contributed by atoms with E-state index in [4.69, 9.17) is 11.6 Å². The quantitative estimate of drug-likeness (QED) is 0.881. The van der Waals surface area contributed by atoms with E-state index in [1.165, 1.54) is 12.1 Å². The van der Waals surface area contributed by atoms with Gasteiger partial charge in [-0.2, -0.15) is 0 Å². The van der Waals surface area contributed by atoms with Crippen LogP contribution in [-0.4, -0.2) is 12.5 Å². The van der Waals surface area contributed by atoms with Crippen molar-refractivity contribution in [3.05, 3.63) is 64.4 Å². The van der Waals surface area contributed by atoms with Crippen LogP contribution in [0.1, 0.15) is 22.8 Å². The van der Waals surface area contributed by atoms with Crippen molar-refractivity contribution in [2.75, 3.05) is 11.9 Å². The number of benzene rings is 2. The van der Waals surface area contributed by atoms with Crippen LogP contribution in [0, 0.1) is 5.82 Å². The number of hydrogen-bond donors (Lipinski definition) is 2. The van der Waals surface area contributed by atoms with Gasteiger partial charge in [0.2, 0.25) is 0 Å². The van der Waals surface area contributed by atoms with Gasteiger partial charge in [0.25, 0.3) is 5.91 Å². The van der Waals surface area contributed by atoms with Gasteiger partial charge < -0.3 is 10.6 Å². The van der Waals surface area contributed by atoms with Crippen LogP contribution in [0.3, 0.4) is 0 Å². The summed E-state index contributed by atoms with van der Waals surface area (Å²) in [6.45, 7) is 2.91. The molecule has 0 spiro atoms. The maximum Gasteiger partial charge on any atom is 0.251 e. The highest BCUT2D eigenvalue weighted by Gasteiger charge is 2.06. The lowest BCUT2D eigenvalue weighted by atomic mass is 10.1. The maximum atomic E-state index is 13.0. The van der Waals surface area contributed by atoms with Crippen molar-refractivity contribution in [1.29, 1.82) is 0 Å². The first-order valence-corrected chi connectivity index (χ1v) is 7.04. The standard InChI is InChI=1S/C16H16ClFN2O/c1-2-19-16(21)11-4-3-5-14(8-11)20-10-12-6-7-13(18)9-15(12)17/h3-9,20H,2,10H2,1H3,(H,19,21). The number of rotatable bonds is 5. The normalized spacial score (nSPS) is 10.2. The summed E-state index contributed by atoms with van der Waals surface area (Å²) in [6.07, 6.45) is 0. The lowest BCUT2D eigenvalue weighted by Crippen LogP contribution is -2.22. The zero-order valence-electron chi connectivity index (χ0n) is 11.6. The van der Waals surface area contributed by atoms with Crippen molar-refractivity contribution < 1.29 is 9.18 Å².